The smallest absolute Gasteiger partial charge is 0.242 e. The van der Waals surface area contributed by atoms with Gasteiger partial charge in [0.15, 0.2) is 0 Å². The Labute approximate surface area is 108 Å². The molecule has 2 aliphatic rings. The van der Waals surface area contributed by atoms with Crippen LogP contribution in [0, 0.1) is 5.92 Å². The Morgan fingerprint density at radius 1 is 1.11 bits per heavy atom. The van der Waals surface area contributed by atoms with Crippen molar-refractivity contribution in [2.45, 2.75) is 32.1 Å². The molecule has 2 N–H and O–H groups in total. The van der Waals surface area contributed by atoms with E-state index in [1.54, 1.807) is 0 Å². The van der Waals surface area contributed by atoms with Gasteiger partial charge in [-0.1, -0.05) is 19.3 Å². The number of hydrogen-bond acceptors (Lipinski definition) is 3. The molecule has 0 radical (unpaired) electrons. The largest absolute Gasteiger partial charge is 0.347 e. The fourth-order valence-electron chi connectivity index (χ4n) is 2.70. The molecule has 0 atom stereocenters. The van der Waals surface area contributed by atoms with Crippen LogP contribution in [0.2, 0.25) is 0 Å². The highest BCUT2D eigenvalue weighted by molar-refractivity contribution is 5.85. The molecule has 2 rings (SSSR count). The number of piperazine rings is 1. The van der Waals surface area contributed by atoms with Crippen molar-refractivity contribution in [1.82, 2.24) is 15.5 Å². The summed E-state index contributed by atoms with van der Waals surface area (Å²) in [4.78, 5) is 25.6. The van der Waals surface area contributed by atoms with Gasteiger partial charge in [-0.3, -0.25) is 9.59 Å². The van der Waals surface area contributed by atoms with Crippen LogP contribution in [-0.4, -0.2) is 49.4 Å². The van der Waals surface area contributed by atoms with Crippen molar-refractivity contribution in [3.05, 3.63) is 0 Å². The predicted molar refractivity (Wildman–Crippen MR) is 69.0 cm³/mol. The van der Waals surface area contributed by atoms with E-state index in [0.717, 1.165) is 51.9 Å². The molecule has 1 saturated carbocycles. The molecule has 5 heteroatoms. The standard InChI is InChI=1S/C13H23N3O2/c17-12(16-8-6-14-7-9-16)10-15-13(18)11-4-2-1-3-5-11/h11,14H,1-10H2,(H,15,18). The van der Waals surface area contributed by atoms with Crippen LogP contribution >= 0.6 is 0 Å². The van der Waals surface area contributed by atoms with Crippen LogP contribution in [-0.2, 0) is 9.59 Å². The van der Waals surface area contributed by atoms with E-state index in [9.17, 15) is 9.59 Å². The summed E-state index contributed by atoms with van der Waals surface area (Å²) in [7, 11) is 0. The Morgan fingerprint density at radius 2 is 1.78 bits per heavy atom. The quantitative estimate of drug-likeness (QED) is 0.751. The molecule has 1 heterocycles. The number of nitrogens with zero attached hydrogens (tertiary/aromatic N) is 1. The average molecular weight is 253 g/mol. The van der Waals surface area contributed by atoms with Crippen molar-refractivity contribution in [3.63, 3.8) is 0 Å². The molecule has 1 aliphatic carbocycles. The van der Waals surface area contributed by atoms with Crippen LogP contribution in [0.4, 0.5) is 0 Å². The van der Waals surface area contributed by atoms with Crippen molar-refractivity contribution >= 4 is 11.8 Å². The molecule has 0 aromatic heterocycles. The predicted octanol–water partition coefficient (Wildman–Crippen LogP) is 0.115. The van der Waals surface area contributed by atoms with E-state index >= 15 is 0 Å². The summed E-state index contributed by atoms with van der Waals surface area (Å²) >= 11 is 0. The maximum Gasteiger partial charge on any atom is 0.242 e. The van der Waals surface area contributed by atoms with Crippen molar-refractivity contribution < 1.29 is 9.59 Å². The molecule has 0 aromatic carbocycles. The van der Waals surface area contributed by atoms with E-state index in [0.29, 0.717) is 0 Å². The fourth-order valence-corrected chi connectivity index (χ4v) is 2.70. The lowest BCUT2D eigenvalue weighted by atomic mass is 9.89. The van der Waals surface area contributed by atoms with E-state index in [1.807, 2.05) is 4.90 Å². The van der Waals surface area contributed by atoms with Crippen molar-refractivity contribution in [2.75, 3.05) is 32.7 Å². The van der Waals surface area contributed by atoms with Crippen LogP contribution < -0.4 is 10.6 Å². The van der Waals surface area contributed by atoms with E-state index < -0.39 is 0 Å². The molecule has 0 bridgehead atoms. The summed E-state index contributed by atoms with van der Waals surface area (Å²) in [6, 6.07) is 0. The molecule has 5 nitrogen and oxygen atoms in total. The lowest BCUT2D eigenvalue weighted by Gasteiger charge is -2.28. The number of amides is 2. The molecule has 0 unspecified atom stereocenters. The maximum atomic E-state index is 11.9. The monoisotopic (exact) mass is 253 g/mol. The maximum absolute atomic E-state index is 11.9. The third kappa shape index (κ3) is 3.70. The highest BCUT2D eigenvalue weighted by atomic mass is 16.2. The van der Waals surface area contributed by atoms with Gasteiger partial charge < -0.3 is 15.5 Å². The summed E-state index contributed by atoms with van der Waals surface area (Å²) in [6.45, 7) is 3.36. The van der Waals surface area contributed by atoms with Gasteiger partial charge in [-0.15, -0.1) is 0 Å². The van der Waals surface area contributed by atoms with Gasteiger partial charge >= 0.3 is 0 Å². The van der Waals surface area contributed by atoms with E-state index in [2.05, 4.69) is 10.6 Å². The lowest BCUT2D eigenvalue weighted by molar-refractivity contribution is -0.134. The highest BCUT2D eigenvalue weighted by Crippen LogP contribution is 2.23. The average Bonchev–Trinajstić information content (AvgIpc) is 2.46. The van der Waals surface area contributed by atoms with Gasteiger partial charge in [0, 0.05) is 32.1 Å². The second-order valence-electron chi connectivity index (χ2n) is 5.18. The third-order valence-electron chi connectivity index (χ3n) is 3.86. The third-order valence-corrected chi connectivity index (χ3v) is 3.86. The lowest BCUT2D eigenvalue weighted by Crippen LogP contribution is -2.50. The second kappa shape index (κ2) is 6.73. The van der Waals surface area contributed by atoms with Crippen LogP contribution in [0.25, 0.3) is 0 Å². The summed E-state index contributed by atoms with van der Waals surface area (Å²) < 4.78 is 0. The van der Waals surface area contributed by atoms with Gasteiger partial charge in [-0.05, 0) is 12.8 Å². The summed E-state index contributed by atoms with van der Waals surface area (Å²) in [5.74, 6) is 0.244. The zero-order valence-electron chi connectivity index (χ0n) is 10.9. The second-order valence-corrected chi connectivity index (χ2v) is 5.18. The number of nitrogens with one attached hydrogen (secondary N) is 2. The normalized spacial score (nSPS) is 21.7. The first kappa shape index (κ1) is 13.3. The molecule has 1 saturated heterocycles. The zero-order valence-corrected chi connectivity index (χ0v) is 10.9. The van der Waals surface area contributed by atoms with Gasteiger partial charge in [0.05, 0.1) is 6.54 Å². The Bertz CT molecular complexity index is 265. The van der Waals surface area contributed by atoms with E-state index in [-0.39, 0.29) is 24.3 Å². The van der Waals surface area contributed by atoms with Crippen LogP contribution in [0.3, 0.4) is 0 Å². The van der Waals surface area contributed by atoms with Crippen molar-refractivity contribution in [1.29, 1.82) is 0 Å². The van der Waals surface area contributed by atoms with Crippen molar-refractivity contribution in [2.24, 2.45) is 5.92 Å². The molecule has 0 spiro atoms. The Balaban J connectivity index is 1.69. The fraction of sp³-hybridized carbons (Fsp3) is 0.846. The van der Waals surface area contributed by atoms with Gasteiger partial charge in [0.25, 0.3) is 0 Å². The minimum absolute atomic E-state index is 0.0423. The SMILES string of the molecule is O=C(NCC(=O)N1CCNCC1)C1CCCCC1. The minimum atomic E-state index is 0.0423. The highest BCUT2D eigenvalue weighted by Gasteiger charge is 2.22. The summed E-state index contributed by atoms with van der Waals surface area (Å²) in [5, 5.41) is 6.00. The van der Waals surface area contributed by atoms with Crippen LogP contribution in [0.5, 0.6) is 0 Å². The van der Waals surface area contributed by atoms with Crippen molar-refractivity contribution in [3.8, 4) is 0 Å². The molecule has 0 aromatic rings. The number of carbonyl (C=O) groups is 2. The first-order valence-electron chi connectivity index (χ1n) is 7.03. The zero-order chi connectivity index (χ0) is 12.8. The Morgan fingerprint density at radius 3 is 2.44 bits per heavy atom. The molecule has 18 heavy (non-hydrogen) atoms. The minimum Gasteiger partial charge on any atom is -0.347 e. The number of hydrogen-bond donors (Lipinski definition) is 2. The van der Waals surface area contributed by atoms with Gasteiger partial charge in [0.2, 0.25) is 11.8 Å². The number of rotatable bonds is 3. The summed E-state index contributed by atoms with van der Waals surface area (Å²) in [6.07, 6.45) is 5.48. The Hall–Kier alpha value is -1.10. The van der Waals surface area contributed by atoms with Gasteiger partial charge in [-0.25, -0.2) is 0 Å². The molecule has 2 fully saturated rings. The van der Waals surface area contributed by atoms with E-state index in [1.165, 1.54) is 6.42 Å². The van der Waals surface area contributed by atoms with Gasteiger partial charge in [-0.2, -0.15) is 0 Å². The first-order chi connectivity index (χ1) is 8.77. The molecular weight excluding hydrogens is 230 g/mol. The molecule has 1 aliphatic heterocycles. The molecular formula is C13H23N3O2. The van der Waals surface area contributed by atoms with E-state index in [4.69, 9.17) is 0 Å². The molecule has 102 valence electrons. The number of carbonyl (C=O) groups excluding carboxylic acids is 2. The van der Waals surface area contributed by atoms with Crippen LogP contribution in [0.15, 0.2) is 0 Å². The summed E-state index contributed by atoms with van der Waals surface area (Å²) in [5.41, 5.74) is 0. The molecule has 2 amide bonds. The topological polar surface area (TPSA) is 61.4 Å². The van der Waals surface area contributed by atoms with Crippen LogP contribution in [0.1, 0.15) is 32.1 Å². The van der Waals surface area contributed by atoms with Gasteiger partial charge in [0.1, 0.15) is 0 Å². The Kier molecular flexibility index (Phi) is 4.99. The first-order valence-corrected chi connectivity index (χ1v) is 7.03.